The molecule has 5 rings (SSSR count). The van der Waals surface area contributed by atoms with E-state index >= 15 is 0 Å². The summed E-state index contributed by atoms with van der Waals surface area (Å²) in [5.41, 5.74) is 2.11. The molecular formula is C24H32N6O3S. The molecule has 3 heterocycles. The maximum Gasteiger partial charge on any atom is 0.225 e. The van der Waals surface area contributed by atoms with E-state index in [1.165, 1.54) is 0 Å². The van der Waals surface area contributed by atoms with Crippen LogP contribution in [0, 0.1) is 19.8 Å². The molecule has 5 N–H and O–H groups in total. The van der Waals surface area contributed by atoms with Gasteiger partial charge >= 0.3 is 0 Å². The van der Waals surface area contributed by atoms with E-state index in [4.69, 9.17) is 15.0 Å². The van der Waals surface area contributed by atoms with Crippen LogP contribution in [0.15, 0.2) is 12.3 Å². The van der Waals surface area contributed by atoms with Crippen molar-refractivity contribution in [2.24, 2.45) is 5.92 Å². The third kappa shape index (κ3) is 4.24. The normalized spacial score (nSPS) is 26.1. The second-order valence-electron chi connectivity index (χ2n) is 10.5. The number of pyridine rings is 1. The number of nitrogens with one attached hydrogen (secondary N) is 2. The maximum atomic E-state index is 10.8. The highest BCUT2D eigenvalue weighted by Gasteiger charge is 2.48. The highest BCUT2D eigenvalue weighted by Crippen LogP contribution is 2.42. The predicted molar refractivity (Wildman–Crippen MR) is 133 cm³/mol. The number of hydrogen-bond acceptors (Lipinski definition) is 10. The van der Waals surface area contributed by atoms with Crippen molar-refractivity contribution >= 4 is 33.3 Å². The second kappa shape index (κ2) is 8.08. The Bertz CT molecular complexity index is 1240. The van der Waals surface area contributed by atoms with Crippen LogP contribution in [0.1, 0.15) is 51.4 Å². The molecule has 3 aromatic rings. The number of aryl methyl sites for hydroxylation is 2. The van der Waals surface area contributed by atoms with Crippen molar-refractivity contribution in [3.8, 4) is 10.6 Å². The molecule has 0 aromatic carbocycles. The topological polar surface area (TPSA) is 136 Å². The number of rotatable bonds is 6. The standard InChI is InChI=1S/C24H32N6O3S/c1-11-16(21-28-17-12(2)25-9-6-15(17)34-21)20(29-22(26-11)30-24(5)7-8-24)27-14-10-13(23(3,4)33)18(31)19(14)32/h6,9,13-14,18-19,31-33H,7-8,10H2,1-5H3,(H2,26,27,29,30)/t13-,14+,18+,19-/m0/s1. The molecule has 182 valence electrons. The highest BCUT2D eigenvalue weighted by atomic mass is 32.1. The van der Waals surface area contributed by atoms with Crippen LogP contribution in [0.5, 0.6) is 0 Å². The van der Waals surface area contributed by atoms with Gasteiger partial charge in [-0.2, -0.15) is 4.98 Å². The van der Waals surface area contributed by atoms with Gasteiger partial charge in [0.2, 0.25) is 5.95 Å². The van der Waals surface area contributed by atoms with Gasteiger partial charge in [0, 0.05) is 17.7 Å². The highest BCUT2D eigenvalue weighted by molar-refractivity contribution is 7.21. The summed E-state index contributed by atoms with van der Waals surface area (Å²) >= 11 is 1.54. The van der Waals surface area contributed by atoms with Crippen molar-refractivity contribution < 1.29 is 15.3 Å². The zero-order valence-corrected chi connectivity index (χ0v) is 20.9. The molecular weight excluding hydrogens is 452 g/mol. The van der Waals surface area contributed by atoms with Crippen LogP contribution in [0.25, 0.3) is 20.8 Å². The maximum absolute atomic E-state index is 10.8. The van der Waals surface area contributed by atoms with Gasteiger partial charge in [0.25, 0.3) is 0 Å². The number of anilines is 2. The molecule has 0 aliphatic heterocycles. The molecule has 2 fully saturated rings. The molecule has 2 aliphatic rings. The number of fused-ring (bicyclic) bond motifs is 1. The molecule has 0 unspecified atom stereocenters. The largest absolute Gasteiger partial charge is 0.390 e. The fourth-order valence-electron chi connectivity index (χ4n) is 4.72. The number of aromatic nitrogens is 4. The van der Waals surface area contributed by atoms with Gasteiger partial charge in [-0.25, -0.2) is 9.97 Å². The number of hydrogen-bond donors (Lipinski definition) is 5. The number of aliphatic hydroxyl groups excluding tert-OH is 2. The summed E-state index contributed by atoms with van der Waals surface area (Å²) in [7, 11) is 0. The van der Waals surface area contributed by atoms with Gasteiger partial charge in [-0.3, -0.25) is 4.98 Å². The van der Waals surface area contributed by atoms with Crippen molar-refractivity contribution in [3.05, 3.63) is 23.7 Å². The van der Waals surface area contributed by atoms with Gasteiger partial charge in [0.1, 0.15) is 22.4 Å². The third-order valence-electron chi connectivity index (χ3n) is 7.12. The van der Waals surface area contributed by atoms with E-state index in [2.05, 4.69) is 22.5 Å². The average Bonchev–Trinajstić information content (AvgIpc) is 3.18. The van der Waals surface area contributed by atoms with Crippen LogP contribution in [-0.4, -0.2) is 64.6 Å². The fourth-order valence-corrected chi connectivity index (χ4v) is 5.83. The van der Waals surface area contributed by atoms with Crippen molar-refractivity contribution in [2.45, 2.75) is 83.3 Å². The lowest BCUT2D eigenvalue weighted by Crippen LogP contribution is -2.40. The summed E-state index contributed by atoms with van der Waals surface area (Å²) in [6.07, 6.45) is 2.22. The van der Waals surface area contributed by atoms with Crippen LogP contribution in [0.2, 0.25) is 0 Å². The quantitative estimate of drug-likeness (QED) is 0.357. The zero-order valence-electron chi connectivity index (χ0n) is 20.1. The molecule has 3 aromatic heterocycles. The number of aliphatic hydroxyl groups is 3. The van der Waals surface area contributed by atoms with E-state index in [1.807, 2.05) is 19.9 Å². The number of nitrogens with zero attached hydrogens (tertiary/aromatic N) is 4. The first kappa shape index (κ1) is 23.3. The Labute approximate surface area is 202 Å². The zero-order chi connectivity index (χ0) is 24.4. The number of thiazole rings is 1. The molecule has 0 saturated heterocycles. The lowest BCUT2D eigenvalue weighted by Gasteiger charge is -2.28. The van der Waals surface area contributed by atoms with E-state index in [0.29, 0.717) is 18.2 Å². The Morgan fingerprint density at radius 2 is 1.82 bits per heavy atom. The summed E-state index contributed by atoms with van der Waals surface area (Å²) < 4.78 is 1.03. The third-order valence-corrected chi connectivity index (χ3v) is 8.16. The van der Waals surface area contributed by atoms with Crippen LogP contribution in [0.4, 0.5) is 11.8 Å². The first-order chi connectivity index (χ1) is 15.9. The molecule has 0 spiro atoms. The SMILES string of the molecule is Cc1nc(NC2(C)CC2)nc(N[C@@H]2C[C@H](C(C)(C)O)[C@@H](O)[C@H]2O)c1-c1nc2c(C)nccc2s1. The van der Waals surface area contributed by atoms with Crippen molar-refractivity contribution in [1.29, 1.82) is 0 Å². The summed E-state index contributed by atoms with van der Waals surface area (Å²) in [6.45, 7) is 9.32. The van der Waals surface area contributed by atoms with Crippen molar-refractivity contribution in [3.63, 3.8) is 0 Å². The molecule has 0 bridgehead atoms. The van der Waals surface area contributed by atoms with Crippen LogP contribution < -0.4 is 10.6 Å². The second-order valence-corrected chi connectivity index (χ2v) is 11.6. The molecule has 0 radical (unpaired) electrons. The van der Waals surface area contributed by atoms with Crippen LogP contribution >= 0.6 is 11.3 Å². The Hall–Kier alpha value is -2.40. The Balaban J connectivity index is 1.57. The molecule has 2 saturated carbocycles. The van der Waals surface area contributed by atoms with Crippen molar-refractivity contribution in [1.82, 2.24) is 19.9 Å². The van der Waals surface area contributed by atoms with Crippen LogP contribution in [-0.2, 0) is 0 Å². The first-order valence-corrected chi connectivity index (χ1v) is 12.5. The molecule has 2 aliphatic carbocycles. The van der Waals surface area contributed by atoms with Gasteiger partial charge in [0.05, 0.1) is 39.4 Å². The first-order valence-electron chi connectivity index (χ1n) is 11.7. The molecule has 0 amide bonds. The monoisotopic (exact) mass is 484 g/mol. The van der Waals surface area contributed by atoms with Gasteiger partial charge in [-0.15, -0.1) is 11.3 Å². The summed E-state index contributed by atoms with van der Waals surface area (Å²) in [5.74, 6) is 0.608. The van der Waals surface area contributed by atoms with Crippen LogP contribution in [0.3, 0.4) is 0 Å². The summed E-state index contributed by atoms with van der Waals surface area (Å²) in [4.78, 5) is 18.7. The molecule has 4 atom stereocenters. The Kier molecular flexibility index (Phi) is 5.55. The van der Waals surface area contributed by atoms with Gasteiger partial charge < -0.3 is 26.0 Å². The minimum atomic E-state index is -1.12. The summed E-state index contributed by atoms with van der Waals surface area (Å²) in [6, 6.07) is 1.46. The lowest BCUT2D eigenvalue weighted by molar-refractivity contribution is -0.0601. The average molecular weight is 485 g/mol. The smallest absolute Gasteiger partial charge is 0.225 e. The minimum absolute atomic E-state index is 0.00105. The summed E-state index contributed by atoms with van der Waals surface area (Å²) in [5, 5.41) is 39.5. The van der Waals surface area contributed by atoms with E-state index in [-0.39, 0.29) is 5.54 Å². The van der Waals surface area contributed by atoms with E-state index in [1.54, 1.807) is 31.4 Å². The lowest BCUT2D eigenvalue weighted by atomic mass is 9.88. The van der Waals surface area contributed by atoms with Gasteiger partial charge in [0.15, 0.2) is 0 Å². The van der Waals surface area contributed by atoms with E-state index in [9.17, 15) is 15.3 Å². The predicted octanol–water partition coefficient (Wildman–Crippen LogP) is 3.02. The molecule has 9 nitrogen and oxygen atoms in total. The Morgan fingerprint density at radius 1 is 1.09 bits per heavy atom. The molecule has 34 heavy (non-hydrogen) atoms. The fraction of sp³-hybridized carbons (Fsp3) is 0.583. The minimum Gasteiger partial charge on any atom is -0.390 e. The van der Waals surface area contributed by atoms with E-state index in [0.717, 1.165) is 45.0 Å². The molecule has 10 heteroatoms. The Morgan fingerprint density at radius 3 is 2.44 bits per heavy atom. The van der Waals surface area contributed by atoms with E-state index < -0.39 is 29.8 Å². The van der Waals surface area contributed by atoms with Gasteiger partial charge in [-0.05, 0) is 59.9 Å². The van der Waals surface area contributed by atoms with Crippen molar-refractivity contribution in [2.75, 3.05) is 10.6 Å². The van der Waals surface area contributed by atoms with Gasteiger partial charge in [-0.1, -0.05) is 0 Å².